The lowest BCUT2D eigenvalue weighted by Crippen LogP contribution is -2.52. The van der Waals surface area contributed by atoms with E-state index in [0.717, 1.165) is 36.5 Å². The van der Waals surface area contributed by atoms with E-state index in [1.54, 1.807) is 0 Å². The highest BCUT2D eigenvalue weighted by molar-refractivity contribution is 5.17. The number of piperidine rings is 1. The van der Waals surface area contributed by atoms with Gasteiger partial charge in [0, 0.05) is 41.8 Å². The molecule has 2 rings (SSSR count). The van der Waals surface area contributed by atoms with Crippen LogP contribution in [0.4, 0.5) is 0 Å². The van der Waals surface area contributed by atoms with Crippen LogP contribution in [-0.4, -0.2) is 42.2 Å². The van der Waals surface area contributed by atoms with E-state index in [4.69, 9.17) is 6.58 Å². The van der Waals surface area contributed by atoms with Gasteiger partial charge >= 0.3 is 0 Å². The Bertz CT molecular complexity index is 902. The second kappa shape index (κ2) is 30.1. The van der Waals surface area contributed by atoms with Gasteiger partial charge in [-0.2, -0.15) is 0 Å². The molecule has 3 heteroatoms. The van der Waals surface area contributed by atoms with Gasteiger partial charge in [0.25, 0.3) is 0 Å². The number of hydrogen-bond acceptors (Lipinski definition) is 3. The number of hydrogen-bond donors (Lipinski definition) is 2. The summed E-state index contributed by atoms with van der Waals surface area (Å²) >= 11 is 0. The maximum absolute atomic E-state index is 4.82. The molecule has 304 valence electrons. The molecule has 0 saturated carbocycles. The van der Waals surface area contributed by atoms with Gasteiger partial charge in [-0.1, -0.05) is 144 Å². The summed E-state index contributed by atoms with van der Waals surface area (Å²) < 4.78 is 0. The monoisotopic (exact) mass is 716 g/mol. The molecule has 0 aromatic heterocycles. The topological polar surface area (TPSA) is 27.3 Å². The zero-order valence-electron chi connectivity index (χ0n) is 38.5. The summed E-state index contributed by atoms with van der Waals surface area (Å²) in [6, 6.07) is 2.61. The predicted octanol–water partition coefficient (Wildman–Crippen LogP) is 14.0. The minimum absolute atomic E-state index is 0.312. The van der Waals surface area contributed by atoms with E-state index in [-0.39, 0.29) is 0 Å². The maximum atomic E-state index is 4.82. The Morgan fingerprint density at radius 2 is 1.43 bits per heavy atom. The van der Waals surface area contributed by atoms with Gasteiger partial charge < -0.3 is 15.5 Å². The third-order valence-corrected chi connectivity index (χ3v) is 12.6. The van der Waals surface area contributed by atoms with E-state index in [1.807, 2.05) is 41.5 Å². The predicted molar refractivity (Wildman–Crippen MR) is 236 cm³/mol. The Labute approximate surface area is 324 Å². The van der Waals surface area contributed by atoms with Gasteiger partial charge in [0.15, 0.2) is 0 Å². The van der Waals surface area contributed by atoms with Crippen molar-refractivity contribution in [2.75, 3.05) is 7.05 Å². The normalized spacial score (nSPS) is 27.6. The van der Waals surface area contributed by atoms with Crippen molar-refractivity contribution >= 4 is 0 Å². The molecule has 0 radical (unpaired) electrons. The van der Waals surface area contributed by atoms with Crippen molar-refractivity contribution in [2.45, 2.75) is 206 Å². The molecule has 0 bridgehead atoms. The van der Waals surface area contributed by atoms with Gasteiger partial charge in [-0.15, -0.1) is 18.9 Å². The minimum Gasteiger partial charge on any atom is -0.369 e. The van der Waals surface area contributed by atoms with Crippen molar-refractivity contribution in [1.82, 2.24) is 15.5 Å². The fraction of sp³-hybridized carbons (Fsp3) is 0.854. The quantitative estimate of drug-likeness (QED) is 0.116. The second-order valence-corrected chi connectivity index (χ2v) is 15.8. The number of likely N-dealkylation sites (tertiary alicyclic amines) is 1. The molecule has 3 nitrogen and oxygen atoms in total. The van der Waals surface area contributed by atoms with Crippen LogP contribution in [0.3, 0.4) is 0 Å². The fourth-order valence-corrected chi connectivity index (χ4v) is 9.38. The summed E-state index contributed by atoms with van der Waals surface area (Å²) in [6.07, 6.45) is 10.0. The van der Waals surface area contributed by atoms with Gasteiger partial charge in [-0.05, 0) is 105 Å². The second-order valence-electron chi connectivity index (χ2n) is 15.8. The van der Waals surface area contributed by atoms with Gasteiger partial charge in [-0.3, -0.25) is 0 Å². The minimum atomic E-state index is 0.312. The maximum Gasteiger partial charge on any atom is 0.0381 e. The third-order valence-electron chi connectivity index (χ3n) is 12.6. The van der Waals surface area contributed by atoms with Crippen LogP contribution in [0.5, 0.6) is 0 Å². The molecule has 2 N–H and O–H groups in total. The van der Waals surface area contributed by atoms with Gasteiger partial charge in [0.2, 0.25) is 0 Å². The van der Waals surface area contributed by atoms with Crippen molar-refractivity contribution in [3.05, 3.63) is 43.3 Å². The van der Waals surface area contributed by atoms with Crippen LogP contribution >= 0.6 is 0 Å². The molecular weight excluding hydrogens is 619 g/mol. The Morgan fingerprint density at radius 3 is 1.86 bits per heavy atom. The standard InChI is InChI=1S/C40H75N3.3C2H6.C2H4/c1-16-26(7)36(18-3)39(41-15)29(10)22-31(12)43-33(14)32(13)37(21-20-27(8)25(5)6)40(43)30(11)24-34-23-28(9)35(17-2)38(19-4)42-34;4*1-2/h25-32,34-35,37-42H,3,14,16-17,19-24H2,1-2,4-13,15H3;3*1-2H3;1-2H2. The average Bonchev–Trinajstić information content (AvgIpc) is 3.40. The summed E-state index contributed by atoms with van der Waals surface area (Å²) in [4.78, 5) is 2.84. The number of nitrogens with zero attached hydrogens (tertiary/aromatic N) is 1. The molecule has 13 atom stereocenters. The highest BCUT2D eigenvalue weighted by Gasteiger charge is 2.47. The highest BCUT2D eigenvalue weighted by atomic mass is 15.2. The van der Waals surface area contributed by atoms with Gasteiger partial charge in [0.1, 0.15) is 0 Å². The molecule has 2 fully saturated rings. The lowest BCUT2D eigenvalue weighted by Gasteiger charge is -2.45. The van der Waals surface area contributed by atoms with Crippen LogP contribution in [0.1, 0.15) is 176 Å². The van der Waals surface area contributed by atoms with Crippen LogP contribution in [-0.2, 0) is 0 Å². The summed E-state index contributed by atoms with van der Waals surface area (Å²) in [6.45, 7) is 56.0. The molecule has 0 aliphatic carbocycles. The molecule has 2 aliphatic heterocycles. The molecule has 0 amide bonds. The van der Waals surface area contributed by atoms with Crippen LogP contribution in [0.25, 0.3) is 0 Å². The van der Waals surface area contributed by atoms with Crippen molar-refractivity contribution in [1.29, 1.82) is 0 Å². The zero-order chi connectivity index (χ0) is 40.6. The summed E-state index contributed by atoms with van der Waals surface area (Å²) in [7, 11) is 2.12. The van der Waals surface area contributed by atoms with E-state index >= 15 is 0 Å². The number of allylic oxidation sites excluding steroid dienone is 1. The van der Waals surface area contributed by atoms with Crippen LogP contribution in [0.15, 0.2) is 43.3 Å². The molecule has 2 heterocycles. The first-order valence-corrected chi connectivity index (χ1v) is 22.1. The smallest absolute Gasteiger partial charge is 0.0381 e. The number of nitrogens with one attached hydrogen (secondary N) is 2. The summed E-state index contributed by atoms with van der Waals surface area (Å²) in [5.74, 6) is 5.97. The van der Waals surface area contributed by atoms with Gasteiger partial charge in [-0.25, -0.2) is 0 Å². The first-order valence-electron chi connectivity index (χ1n) is 22.1. The third kappa shape index (κ3) is 15.9. The Hall–Kier alpha value is -1.28. The van der Waals surface area contributed by atoms with E-state index < -0.39 is 0 Å². The highest BCUT2D eigenvalue weighted by Crippen LogP contribution is 2.47. The van der Waals surface area contributed by atoms with Crippen molar-refractivity contribution in [3.63, 3.8) is 0 Å². The molecule has 13 unspecified atom stereocenters. The SMILES string of the molecule is C=C.C=C=C(C(C)CC)C(NC)C(C)CC(C)N1C(=C)C(C)C(CCC(C)C(C)C)C1C(C)CC1CC(C)C(CC)C(CC)N1.CC.CC.CC. The van der Waals surface area contributed by atoms with E-state index in [2.05, 4.69) is 131 Å². The zero-order valence-corrected chi connectivity index (χ0v) is 38.5. The van der Waals surface area contributed by atoms with Crippen LogP contribution in [0.2, 0.25) is 0 Å². The van der Waals surface area contributed by atoms with E-state index in [9.17, 15) is 0 Å². The molecular formula is C48H97N3. The molecule has 0 aromatic carbocycles. The van der Waals surface area contributed by atoms with Gasteiger partial charge in [0.05, 0.1) is 0 Å². The van der Waals surface area contributed by atoms with Crippen LogP contribution in [0, 0.1) is 53.3 Å². The Morgan fingerprint density at radius 1 is 0.882 bits per heavy atom. The first kappa shape index (κ1) is 54.1. The average molecular weight is 716 g/mol. The number of likely N-dealkylation sites (N-methyl/N-ethyl adjacent to an activating group) is 1. The molecule has 0 spiro atoms. The van der Waals surface area contributed by atoms with Crippen molar-refractivity contribution < 1.29 is 0 Å². The van der Waals surface area contributed by atoms with E-state index in [1.165, 1.54) is 49.8 Å². The van der Waals surface area contributed by atoms with Crippen molar-refractivity contribution in [2.24, 2.45) is 53.3 Å². The molecule has 0 aromatic rings. The summed E-state index contributed by atoms with van der Waals surface area (Å²) in [5, 5.41) is 7.82. The van der Waals surface area contributed by atoms with Crippen molar-refractivity contribution in [3.8, 4) is 0 Å². The Balaban J connectivity index is -0.00000268. The lowest BCUT2D eigenvalue weighted by atomic mass is 9.73. The Kier molecular flexibility index (Phi) is 31.9. The molecule has 51 heavy (non-hydrogen) atoms. The summed E-state index contributed by atoms with van der Waals surface area (Å²) in [5.41, 5.74) is 6.08. The number of rotatable bonds is 17. The largest absolute Gasteiger partial charge is 0.369 e. The molecule has 2 aliphatic rings. The van der Waals surface area contributed by atoms with Crippen LogP contribution < -0.4 is 10.6 Å². The van der Waals surface area contributed by atoms with E-state index in [0.29, 0.717) is 59.8 Å². The lowest BCUT2D eigenvalue weighted by molar-refractivity contribution is 0.0909. The fourth-order valence-electron chi connectivity index (χ4n) is 9.38. The first-order chi connectivity index (χ1) is 24.3. The molecule has 2 saturated heterocycles.